The Labute approximate surface area is 105 Å². The monoisotopic (exact) mass is 239 g/mol. The van der Waals surface area contributed by atoms with Crippen LogP contribution >= 0.6 is 0 Å². The van der Waals surface area contributed by atoms with Crippen LogP contribution in [0.15, 0.2) is 65.6 Å². The molecule has 2 aromatic heterocycles. The summed E-state index contributed by atoms with van der Waals surface area (Å²) in [5.74, 6) is 0. The molecule has 4 heteroatoms. The van der Waals surface area contributed by atoms with Gasteiger partial charge in [0.05, 0.1) is 29.9 Å². The molecule has 1 unspecified atom stereocenters. The van der Waals surface area contributed by atoms with Crippen molar-refractivity contribution in [2.45, 2.75) is 6.04 Å². The van der Waals surface area contributed by atoms with Crippen molar-refractivity contribution in [2.75, 3.05) is 0 Å². The van der Waals surface area contributed by atoms with Crippen molar-refractivity contribution in [2.24, 2.45) is 5.73 Å². The van der Waals surface area contributed by atoms with Crippen LogP contribution in [0.2, 0.25) is 0 Å². The number of hydrogen-bond donors (Lipinski definition) is 1. The summed E-state index contributed by atoms with van der Waals surface area (Å²) in [7, 11) is 0. The summed E-state index contributed by atoms with van der Waals surface area (Å²) >= 11 is 0. The highest BCUT2D eigenvalue weighted by atomic mass is 16.3. The molecule has 0 amide bonds. The average molecular weight is 239 g/mol. The first kappa shape index (κ1) is 10.8. The van der Waals surface area contributed by atoms with Gasteiger partial charge in [0.25, 0.3) is 0 Å². The third kappa shape index (κ3) is 1.83. The van der Waals surface area contributed by atoms with Crippen molar-refractivity contribution < 1.29 is 4.42 Å². The number of furan rings is 1. The maximum Gasteiger partial charge on any atom is 0.0954 e. The topological polar surface area (TPSA) is 57.0 Å². The molecule has 3 aromatic rings. The van der Waals surface area contributed by atoms with E-state index in [1.165, 1.54) is 0 Å². The molecule has 0 aliphatic rings. The van der Waals surface area contributed by atoms with Crippen molar-refractivity contribution in [3.8, 4) is 5.69 Å². The molecule has 0 aliphatic carbocycles. The predicted molar refractivity (Wildman–Crippen MR) is 68.3 cm³/mol. The average Bonchev–Trinajstić information content (AvgIpc) is 3.10. The van der Waals surface area contributed by atoms with Crippen molar-refractivity contribution in [3.63, 3.8) is 0 Å². The van der Waals surface area contributed by atoms with Crippen LogP contribution in [0.5, 0.6) is 0 Å². The van der Waals surface area contributed by atoms with Crippen LogP contribution in [0, 0.1) is 0 Å². The minimum absolute atomic E-state index is 0.244. The standard InChI is InChI=1S/C14H13N3O/c15-14(11-7-9-18-10-11)13-6-8-16-17(13)12-4-2-1-3-5-12/h1-10,14H,15H2. The van der Waals surface area contributed by atoms with Gasteiger partial charge < -0.3 is 10.2 Å². The van der Waals surface area contributed by atoms with E-state index < -0.39 is 0 Å². The summed E-state index contributed by atoms with van der Waals surface area (Å²) in [6.07, 6.45) is 5.04. The van der Waals surface area contributed by atoms with Gasteiger partial charge in [-0.3, -0.25) is 0 Å². The number of rotatable bonds is 3. The van der Waals surface area contributed by atoms with Crippen LogP contribution in [-0.2, 0) is 0 Å². The van der Waals surface area contributed by atoms with Gasteiger partial charge in [0.1, 0.15) is 0 Å². The Bertz CT molecular complexity index is 614. The molecule has 0 saturated carbocycles. The lowest BCUT2D eigenvalue weighted by Gasteiger charge is -2.12. The van der Waals surface area contributed by atoms with Gasteiger partial charge in [-0.15, -0.1) is 0 Å². The highest BCUT2D eigenvalue weighted by Gasteiger charge is 2.15. The van der Waals surface area contributed by atoms with Crippen LogP contribution < -0.4 is 5.73 Å². The third-order valence-corrected chi connectivity index (χ3v) is 2.89. The maximum atomic E-state index is 6.22. The molecule has 3 rings (SSSR count). The second-order valence-electron chi connectivity index (χ2n) is 4.04. The molecule has 0 saturated heterocycles. The number of hydrogen-bond acceptors (Lipinski definition) is 3. The summed E-state index contributed by atoms with van der Waals surface area (Å²) in [6, 6.07) is 13.5. The van der Waals surface area contributed by atoms with E-state index in [1.807, 2.05) is 47.1 Å². The van der Waals surface area contributed by atoms with Crippen LogP contribution in [0.1, 0.15) is 17.3 Å². The molecular weight excluding hydrogens is 226 g/mol. The zero-order chi connectivity index (χ0) is 12.4. The van der Waals surface area contributed by atoms with Crippen LogP contribution in [0.4, 0.5) is 0 Å². The summed E-state index contributed by atoms with van der Waals surface area (Å²) in [6.45, 7) is 0. The fraction of sp³-hybridized carbons (Fsp3) is 0.0714. The van der Waals surface area contributed by atoms with Gasteiger partial charge in [-0.05, 0) is 24.3 Å². The largest absolute Gasteiger partial charge is 0.472 e. The quantitative estimate of drug-likeness (QED) is 0.764. The highest BCUT2D eigenvalue weighted by molar-refractivity contribution is 5.35. The molecular formula is C14H13N3O. The number of aromatic nitrogens is 2. The Kier molecular flexibility index (Phi) is 2.70. The predicted octanol–water partition coefficient (Wildman–Crippen LogP) is 2.51. The van der Waals surface area contributed by atoms with Gasteiger partial charge in [-0.2, -0.15) is 5.10 Å². The van der Waals surface area contributed by atoms with Crippen LogP contribution in [0.3, 0.4) is 0 Å². The van der Waals surface area contributed by atoms with Crippen molar-refractivity contribution in [1.82, 2.24) is 9.78 Å². The van der Waals surface area contributed by atoms with Gasteiger partial charge in [0, 0.05) is 11.8 Å². The first-order valence-electron chi connectivity index (χ1n) is 5.73. The first-order valence-corrected chi connectivity index (χ1v) is 5.73. The first-order chi connectivity index (χ1) is 8.86. The zero-order valence-corrected chi connectivity index (χ0v) is 9.73. The van der Waals surface area contributed by atoms with E-state index in [9.17, 15) is 0 Å². The number of para-hydroxylation sites is 1. The second-order valence-corrected chi connectivity index (χ2v) is 4.04. The van der Waals surface area contributed by atoms with Crippen LogP contribution in [-0.4, -0.2) is 9.78 Å². The van der Waals surface area contributed by atoms with Crippen molar-refractivity contribution in [3.05, 3.63) is 72.4 Å². The highest BCUT2D eigenvalue weighted by Crippen LogP contribution is 2.21. The molecule has 18 heavy (non-hydrogen) atoms. The van der Waals surface area contributed by atoms with Gasteiger partial charge >= 0.3 is 0 Å². The van der Waals surface area contributed by atoms with E-state index in [2.05, 4.69) is 5.10 Å². The molecule has 1 atom stereocenters. The lowest BCUT2D eigenvalue weighted by molar-refractivity contribution is 0.561. The van der Waals surface area contributed by atoms with Gasteiger partial charge in [0.15, 0.2) is 0 Å². The van der Waals surface area contributed by atoms with Crippen molar-refractivity contribution in [1.29, 1.82) is 0 Å². The van der Waals surface area contributed by atoms with E-state index in [1.54, 1.807) is 18.7 Å². The SMILES string of the molecule is NC(c1ccoc1)c1ccnn1-c1ccccc1. The second kappa shape index (κ2) is 4.50. The molecule has 0 radical (unpaired) electrons. The molecule has 2 N–H and O–H groups in total. The van der Waals surface area contributed by atoms with Gasteiger partial charge in [-0.25, -0.2) is 4.68 Å². The lowest BCUT2D eigenvalue weighted by atomic mass is 10.1. The van der Waals surface area contributed by atoms with Crippen molar-refractivity contribution >= 4 is 0 Å². The Morgan fingerprint density at radius 1 is 1.11 bits per heavy atom. The smallest absolute Gasteiger partial charge is 0.0954 e. The van der Waals surface area contributed by atoms with E-state index >= 15 is 0 Å². The molecule has 90 valence electrons. The molecule has 0 spiro atoms. The summed E-state index contributed by atoms with van der Waals surface area (Å²) in [5.41, 5.74) is 9.09. The number of benzene rings is 1. The zero-order valence-electron chi connectivity index (χ0n) is 9.73. The number of nitrogens with two attached hydrogens (primary N) is 1. The molecule has 1 aromatic carbocycles. The summed E-state index contributed by atoms with van der Waals surface area (Å²) < 4.78 is 6.91. The Balaban J connectivity index is 2.02. The molecule has 0 bridgehead atoms. The Hall–Kier alpha value is -2.33. The maximum absolute atomic E-state index is 6.22. The van der Waals surface area contributed by atoms with Gasteiger partial charge in [0.2, 0.25) is 0 Å². The Morgan fingerprint density at radius 3 is 2.67 bits per heavy atom. The minimum Gasteiger partial charge on any atom is -0.472 e. The normalized spacial score (nSPS) is 12.5. The Morgan fingerprint density at radius 2 is 1.94 bits per heavy atom. The fourth-order valence-corrected chi connectivity index (χ4v) is 1.96. The minimum atomic E-state index is -0.244. The van der Waals surface area contributed by atoms with Gasteiger partial charge in [-0.1, -0.05) is 18.2 Å². The molecule has 0 fully saturated rings. The summed E-state index contributed by atoms with van der Waals surface area (Å²) in [4.78, 5) is 0. The van der Waals surface area contributed by atoms with Crippen LogP contribution in [0.25, 0.3) is 5.69 Å². The molecule has 4 nitrogen and oxygen atoms in total. The third-order valence-electron chi connectivity index (χ3n) is 2.89. The fourth-order valence-electron chi connectivity index (χ4n) is 1.96. The molecule has 0 aliphatic heterocycles. The van der Waals surface area contributed by atoms with E-state index in [4.69, 9.17) is 10.2 Å². The van der Waals surface area contributed by atoms with E-state index in [0.717, 1.165) is 16.9 Å². The van der Waals surface area contributed by atoms with E-state index in [-0.39, 0.29) is 6.04 Å². The lowest BCUT2D eigenvalue weighted by Crippen LogP contribution is -2.16. The van der Waals surface area contributed by atoms with E-state index in [0.29, 0.717) is 0 Å². The number of nitrogens with zero attached hydrogens (tertiary/aromatic N) is 2. The molecule has 2 heterocycles. The summed E-state index contributed by atoms with van der Waals surface area (Å²) in [5, 5.41) is 4.32.